The Morgan fingerprint density at radius 3 is 2.70 bits per heavy atom. The normalized spacial score (nSPS) is 10.5. The molecular formula is C11H18Cl2N4O3. The molecule has 0 radical (unpaired) electrons. The SMILES string of the molecule is COCC(N)C(=O)NCC(=O)Nc1cccnc1.Cl.Cl. The second-order valence-electron chi connectivity index (χ2n) is 3.57. The number of carbonyl (C=O) groups is 2. The molecule has 20 heavy (non-hydrogen) atoms. The molecule has 0 fully saturated rings. The van der Waals surface area contributed by atoms with Gasteiger partial charge in [-0.15, -0.1) is 24.8 Å². The first-order chi connectivity index (χ1) is 8.63. The average Bonchev–Trinajstić information content (AvgIpc) is 2.37. The number of hydrogen-bond acceptors (Lipinski definition) is 5. The highest BCUT2D eigenvalue weighted by atomic mass is 35.5. The molecule has 0 aromatic carbocycles. The number of rotatable bonds is 6. The van der Waals surface area contributed by atoms with Gasteiger partial charge in [0.2, 0.25) is 11.8 Å². The first-order valence-corrected chi connectivity index (χ1v) is 5.35. The number of amides is 2. The van der Waals surface area contributed by atoms with Gasteiger partial charge in [-0.2, -0.15) is 0 Å². The van der Waals surface area contributed by atoms with Crippen LogP contribution < -0.4 is 16.4 Å². The lowest BCUT2D eigenvalue weighted by Crippen LogP contribution is -2.45. The van der Waals surface area contributed by atoms with Crippen LogP contribution in [0.1, 0.15) is 0 Å². The van der Waals surface area contributed by atoms with Crippen LogP contribution in [0.3, 0.4) is 0 Å². The van der Waals surface area contributed by atoms with Crippen molar-refractivity contribution in [2.45, 2.75) is 6.04 Å². The largest absolute Gasteiger partial charge is 0.383 e. The van der Waals surface area contributed by atoms with Crippen LogP contribution in [0.25, 0.3) is 0 Å². The summed E-state index contributed by atoms with van der Waals surface area (Å²) in [4.78, 5) is 26.7. The zero-order chi connectivity index (χ0) is 13.4. The third-order valence-corrected chi connectivity index (χ3v) is 2.05. The number of hydrogen-bond donors (Lipinski definition) is 3. The van der Waals surface area contributed by atoms with Crippen LogP contribution in [0.4, 0.5) is 5.69 Å². The van der Waals surface area contributed by atoms with E-state index >= 15 is 0 Å². The van der Waals surface area contributed by atoms with Crippen molar-refractivity contribution in [3.05, 3.63) is 24.5 Å². The Kier molecular flexibility index (Phi) is 11.9. The summed E-state index contributed by atoms with van der Waals surface area (Å²) in [6.45, 7) is -0.0405. The topological polar surface area (TPSA) is 106 Å². The predicted octanol–water partition coefficient (Wildman–Crippen LogP) is -0.0464. The average molecular weight is 325 g/mol. The number of nitrogens with two attached hydrogens (primary N) is 1. The minimum Gasteiger partial charge on any atom is -0.383 e. The van der Waals surface area contributed by atoms with E-state index in [4.69, 9.17) is 10.5 Å². The molecule has 1 rings (SSSR count). The minimum atomic E-state index is -0.777. The Morgan fingerprint density at radius 2 is 2.15 bits per heavy atom. The molecule has 0 saturated carbocycles. The van der Waals surface area contributed by atoms with Gasteiger partial charge >= 0.3 is 0 Å². The van der Waals surface area contributed by atoms with E-state index < -0.39 is 11.9 Å². The Morgan fingerprint density at radius 1 is 1.45 bits per heavy atom. The molecule has 0 bridgehead atoms. The van der Waals surface area contributed by atoms with Crippen LogP contribution in [0, 0.1) is 0 Å². The van der Waals surface area contributed by atoms with Gasteiger partial charge in [-0.3, -0.25) is 14.6 Å². The van der Waals surface area contributed by atoms with E-state index in [1.54, 1.807) is 18.3 Å². The maximum Gasteiger partial charge on any atom is 0.243 e. The fourth-order valence-electron chi connectivity index (χ4n) is 1.20. The molecule has 1 atom stereocenters. The molecule has 0 aliphatic heterocycles. The maximum absolute atomic E-state index is 11.5. The second-order valence-corrected chi connectivity index (χ2v) is 3.57. The highest BCUT2D eigenvalue weighted by Gasteiger charge is 2.13. The molecule has 2 amide bonds. The van der Waals surface area contributed by atoms with Crippen LogP contribution in [0.15, 0.2) is 24.5 Å². The summed E-state index contributed by atoms with van der Waals surface area (Å²) in [7, 11) is 1.45. The monoisotopic (exact) mass is 324 g/mol. The lowest BCUT2D eigenvalue weighted by molar-refractivity contribution is -0.126. The second kappa shape index (κ2) is 11.4. The summed E-state index contributed by atoms with van der Waals surface area (Å²) < 4.78 is 4.73. The fraction of sp³-hybridized carbons (Fsp3) is 0.364. The van der Waals surface area contributed by atoms with E-state index in [1.165, 1.54) is 13.3 Å². The van der Waals surface area contributed by atoms with Crippen molar-refractivity contribution in [2.24, 2.45) is 5.73 Å². The molecule has 0 aliphatic rings. The van der Waals surface area contributed by atoms with Crippen LogP contribution >= 0.6 is 24.8 Å². The summed E-state index contributed by atoms with van der Waals surface area (Å²) in [6.07, 6.45) is 3.11. The number of halogens is 2. The van der Waals surface area contributed by atoms with Crippen molar-refractivity contribution in [3.8, 4) is 0 Å². The molecule has 1 heterocycles. The van der Waals surface area contributed by atoms with E-state index in [1.807, 2.05) is 0 Å². The number of anilines is 1. The zero-order valence-electron chi connectivity index (χ0n) is 10.9. The number of ether oxygens (including phenoxy) is 1. The van der Waals surface area contributed by atoms with Crippen molar-refractivity contribution >= 4 is 42.3 Å². The molecule has 9 heteroatoms. The molecule has 1 aromatic heterocycles. The lowest BCUT2D eigenvalue weighted by Gasteiger charge is -2.11. The molecule has 1 aromatic rings. The number of nitrogens with one attached hydrogen (secondary N) is 2. The number of pyridine rings is 1. The van der Waals surface area contributed by atoms with Crippen molar-refractivity contribution in [3.63, 3.8) is 0 Å². The van der Waals surface area contributed by atoms with Crippen LogP contribution in [0.5, 0.6) is 0 Å². The molecule has 0 aliphatic carbocycles. The Bertz CT molecular complexity index is 406. The Hall–Kier alpha value is -1.41. The van der Waals surface area contributed by atoms with E-state index in [0.29, 0.717) is 5.69 Å². The smallest absolute Gasteiger partial charge is 0.243 e. The number of aromatic nitrogens is 1. The molecule has 7 nitrogen and oxygen atoms in total. The number of carbonyl (C=O) groups excluding carboxylic acids is 2. The van der Waals surface area contributed by atoms with Crippen molar-refractivity contribution in [1.82, 2.24) is 10.3 Å². The summed E-state index contributed by atoms with van der Waals surface area (Å²) in [5.41, 5.74) is 6.06. The first-order valence-electron chi connectivity index (χ1n) is 5.35. The van der Waals surface area contributed by atoms with E-state index in [2.05, 4.69) is 15.6 Å². The molecule has 0 saturated heterocycles. The predicted molar refractivity (Wildman–Crippen MR) is 80.2 cm³/mol. The molecule has 4 N–H and O–H groups in total. The maximum atomic E-state index is 11.5. The van der Waals surface area contributed by atoms with Gasteiger partial charge in [0.15, 0.2) is 0 Å². The zero-order valence-corrected chi connectivity index (χ0v) is 12.5. The summed E-state index contributed by atoms with van der Waals surface area (Å²) in [5, 5.41) is 4.99. The minimum absolute atomic E-state index is 0. The van der Waals surface area contributed by atoms with Gasteiger partial charge in [0.25, 0.3) is 0 Å². The molecule has 114 valence electrons. The van der Waals surface area contributed by atoms with Crippen molar-refractivity contribution < 1.29 is 14.3 Å². The third-order valence-electron chi connectivity index (χ3n) is 2.05. The van der Waals surface area contributed by atoms with Gasteiger partial charge in [-0.1, -0.05) is 0 Å². The Balaban J connectivity index is 0. The standard InChI is InChI=1S/C11H16N4O3.2ClH/c1-18-7-9(12)11(17)14-6-10(16)15-8-3-2-4-13-5-8;;/h2-5,9H,6-7,12H2,1H3,(H,14,17)(H,15,16);2*1H. The molecule has 0 spiro atoms. The Labute approximate surface area is 129 Å². The van der Waals surface area contributed by atoms with Gasteiger partial charge in [0.05, 0.1) is 25.0 Å². The number of methoxy groups -OCH3 is 1. The molecule has 1 unspecified atom stereocenters. The van der Waals surface area contributed by atoms with Crippen molar-refractivity contribution in [2.75, 3.05) is 25.6 Å². The van der Waals surface area contributed by atoms with E-state index in [9.17, 15) is 9.59 Å². The van der Waals surface area contributed by atoms with Gasteiger partial charge < -0.3 is 21.1 Å². The number of nitrogens with zero attached hydrogens (tertiary/aromatic N) is 1. The van der Waals surface area contributed by atoms with Crippen LogP contribution in [0.2, 0.25) is 0 Å². The lowest BCUT2D eigenvalue weighted by atomic mass is 10.3. The van der Waals surface area contributed by atoms with Gasteiger partial charge in [-0.05, 0) is 12.1 Å². The van der Waals surface area contributed by atoms with E-state index in [-0.39, 0.29) is 43.9 Å². The summed E-state index contributed by atoms with van der Waals surface area (Å²) in [6, 6.07) is 2.62. The quantitative estimate of drug-likeness (QED) is 0.680. The van der Waals surface area contributed by atoms with Gasteiger partial charge in [0, 0.05) is 13.3 Å². The van der Waals surface area contributed by atoms with Gasteiger partial charge in [-0.25, -0.2) is 0 Å². The summed E-state index contributed by atoms with van der Waals surface area (Å²) >= 11 is 0. The highest BCUT2D eigenvalue weighted by Crippen LogP contribution is 2.01. The van der Waals surface area contributed by atoms with Crippen LogP contribution in [-0.2, 0) is 14.3 Å². The molecular weight excluding hydrogens is 307 g/mol. The first kappa shape index (κ1) is 20.9. The van der Waals surface area contributed by atoms with E-state index in [0.717, 1.165) is 0 Å². The van der Waals surface area contributed by atoms with Crippen LogP contribution in [-0.4, -0.2) is 43.1 Å². The van der Waals surface area contributed by atoms with Crippen molar-refractivity contribution in [1.29, 1.82) is 0 Å². The summed E-state index contributed by atoms with van der Waals surface area (Å²) in [5.74, 6) is -0.779. The third kappa shape index (κ3) is 7.90. The highest BCUT2D eigenvalue weighted by molar-refractivity contribution is 5.95. The van der Waals surface area contributed by atoms with Gasteiger partial charge in [0.1, 0.15) is 6.04 Å². The fourth-order valence-corrected chi connectivity index (χ4v) is 1.20.